The fourth-order valence-electron chi connectivity index (χ4n) is 2.08. The van der Waals surface area contributed by atoms with E-state index in [4.69, 9.17) is 22.2 Å². The lowest BCUT2D eigenvalue weighted by molar-refractivity contribution is -0.112. The summed E-state index contributed by atoms with van der Waals surface area (Å²) in [7, 11) is 0. The van der Waals surface area contributed by atoms with Crippen LogP contribution in [0.2, 0.25) is 5.02 Å². The van der Waals surface area contributed by atoms with Crippen LogP contribution in [0.25, 0.3) is 11.3 Å². The van der Waals surface area contributed by atoms with Crippen LogP contribution < -0.4 is 5.73 Å². The molecule has 0 bridgehead atoms. The quantitative estimate of drug-likeness (QED) is 0.346. The summed E-state index contributed by atoms with van der Waals surface area (Å²) in [4.78, 5) is 33.0. The van der Waals surface area contributed by atoms with Crippen LogP contribution in [0.15, 0.2) is 63.5 Å². The van der Waals surface area contributed by atoms with Crippen LogP contribution in [0.5, 0.6) is 0 Å². The molecule has 1 amide bonds. The van der Waals surface area contributed by atoms with Gasteiger partial charge in [0.15, 0.2) is 5.01 Å². The van der Waals surface area contributed by atoms with Crippen LogP contribution in [0.1, 0.15) is 15.4 Å². The highest BCUT2D eigenvalue weighted by Crippen LogP contribution is 2.24. The van der Waals surface area contributed by atoms with Crippen molar-refractivity contribution < 1.29 is 14.4 Å². The summed E-state index contributed by atoms with van der Waals surface area (Å²) in [5, 5.41) is 6.00. The number of hydrogen-bond donors (Lipinski definition) is 1. The van der Waals surface area contributed by atoms with Gasteiger partial charge in [-0.1, -0.05) is 50.9 Å². The molecule has 0 spiro atoms. The number of aromatic nitrogens is 1. The number of amides is 1. The standard InChI is InChI=1S/C18H11BrClN3O3S/c19-12-6-4-10(5-7-12)14-9-27-17(22-14)15(16(21)24)23-26-18(25)11-2-1-3-13(20)8-11/h1-9H,(H2,21,24)/b23-15+. The highest BCUT2D eigenvalue weighted by atomic mass is 79.9. The van der Waals surface area contributed by atoms with Crippen molar-refractivity contribution >= 4 is 56.5 Å². The highest BCUT2D eigenvalue weighted by Gasteiger charge is 2.18. The molecule has 0 fully saturated rings. The lowest BCUT2D eigenvalue weighted by Crippen LogP contribution is -2.25. The molecule has 0 saturated heterocycles. The average molecular weight is 465 g/mol. The van der Waals surface area contributed by atoms with Gasteiger partial charge in [0.1, 0.15) is 0 Å². The van der Waals surface area contributed by atoms with Gasteiger partial charge in [-0.2, -0.15) is 0 Å². The van der Waals surface area contributed by atoms with E-state index >= 15 is 0 Å². The summed E-state index contributed by atoms with van der Waals surface area (Å²) in [5.41, 5.74) is 6.84. The number of carbonyl (C=O) groups excluding carboxylic acids is 2. The zero-order valence-electron chi connectivity index (χ0n) is 13.6. The van der Waals surface area contributed by atoms with Gasteiger partial charge in [-0.25, -0.2) is 9.78 Å². The molecular weight excluding hydrogens is 454 g/mol. The zero-order valence-corrected chi connectivity index (χ0v) is 16.7. The van der Waals surface area contributed by atoms with Gasteiger partial charge in [-0.05, 0) is 30.3 Å². The number of nitrogens with zero attached hydrogens (tertiary/aromatic N) is 2. The predicted molar refractivity (Wildman–Crippen MR) is 108 cm³/mol. The van der Waals surface area contributed by atoms with Gasteiger partial charge in [-0.3, -0.25) is 4.79 Å². The third kappa shape index (κ3) is 4.79. The molecule has 136 valence electrons. The normalized spacial score (nSPS) is 11.3. The average Bonchev–Trinajstić information content (AvgIpc) is 3.11. The number of nitrogens with two attached hydrogens (primary N) is 1. The first kappa shape index (κ1) is 19.2. The molecule has 0 unspecified atom stereocenters. The second kappa shape index (κ2) is 8.43. The van der Waals surface area contributed by atoms with E-state index in [0.29, 0.717) is 10.7 Å². The van der Waals surface area contributed by atoms with E-state index in [2.05, 4.69) is 26.1 Å². The molecule has 0 aliphatic rings. The number of carbonyl (C=O) groups is 2. The van der Waals surface area contributed by atoms with Crippen LogP contribution in [0.4, 0.5) is 0 Å². The topological polar surface area (TPSA) is 94.6 Å². The molecule has 3 rings (SSSR count). The molecule has 9 heteroatoms. The summed E-state index contributed by atoms with van der Waals surface area (Å²) >= 11 is 10.4. The Morgan fingerprint density at radius 3 is 2.59 bits per heavy atom. The van der Waals surface area contributed by atoms with Crippen molar-refractivity contribution in [2.24, 2.45) is 10.9 Å². The van der Waals surface area contributed by atoms with Gasteiger partial charge in [0, 0.05) is 20.4 Å². The van der Waals surface area contributed by atoms with E-state index in [1.807, 2.05) is 24.3 Å². The molecule has 0 aliphatic heterocycles. The minimum atomic E-state index is -0.856. The zero-order chi connectivity index (χ0) is 19.4. The monoisotopic (exact) mass is 463 g/mol. The molecule has 0 saturated carbocycles. The molecule has 0 aliphatic carbocycles. The first-order chi connectivity index (χ1) is 12.9. The first-order valence-electron chi connectivity index (χ1n) is 7.50. The Morgan fingerprint density at radius 2 is 1.93 bits per heavy atom. The largest absolute Gasteiger partial charge is 0.365 e. The number of benzene rings is 2. The second-order valence-corrected chi connectivity index (χ2v) is 7.45. The molecular formula is C18H11BrClN3O3S. The molecule has 3 aromatic rings. The Bertz CT molecular complexity index is 1030. The van der Waals surface area contributed by atoms with Crippen molar-refractivity contribution in [3.63, 3.8) is 0 Å². The number of oxime groups is 1. The summed E-state index contributed by atoms with van der Waals surface area (Å²) in [5.74, 6) is -1.62. The Labute approximate surface area is 171 Å². The van der Waals surface area contributed by atoms with E-state index in [9.17, 15) is 9.59 Å². The highest BCUT2D eigenvalue weighted by molar-refractivity contribution is 9.10. The Balaban J connectivity index is 1.83. The maximum Gasteiger partial charge on any atom is 0.365 e. The number of hydrogen-bond acceptors (Lipinski definition) is 6. The van der Waals surface area contributed by atoms with Crippen LogP contribution >= 0.6 is 38.9 Å². The number of primary amides is 1. The molecule has 27 heavy (non-hydrogen) atoms. The lowest BCUT2D eigenvalue weighted by Gasteiger charge is -2.01. The van der Waals surface area contributed by atoms with Gasteiger partial charge in [-0.15, -0.1) is 11.3 Å². The molecule has 1 heterocycles. The van der Waals surface area contributed by atoms with E-state index in [1.54, 1.807) is 17.5 Å². The minimum Gasteiger partial charge on any atom is -0.364 e. The fraction of sp³-hybridized carbons (Fsp3) is 0. The first-order valence-corrected chi connectivity index (χ1v) is 9.55. The molecule has 0 radical (unpaired) electrons. The summed E-state index contributed by atoms with van der Waals surface area (Å²) in [6.07, 6.45) is 0. The maximum atomic E-state index is 12.1. The predicted octanol–water partition coefficient (Wildman–Crippen LogP) is 4.27. The van der Waals surface area contributed by atoms with Gasteiger partial charge >= 0.3 is 5.97 Å². The van der Waals surface area contributed by atoms with Gasteiger partial charge in [0.2, 0.25) is 5.71 Å². The van der Waals surface area contributed by atoms with Crippen molar-refractivity contribution in [2.45, 2.75) is 0 Å². The van der Waals surface area contributed by atoms with E-state index in [0.717, 1.165) is 10.0 Å². The molecule has 0 atom stereocenters. The Morgan fingerprint density at radius 1 is 1.19 bits per heavy atom. The summed E-state index contributed by atoms with van der Waals surface area (Å²) < 4.78 is 0.939. The Hall–Kier alpha value is -2.55. The smallest absolute Gasteiger partial charge is 0.364 e. The van der Waals surface area contributed by atoms with Gasteiger partial charge < -0.3 is 10.6 Å². The van der Waals surface area contributed by atoms with E-state index < -0.39 is 11.9 Å². The van der Waals surface area contributed by atoms with Crippen LogP contribution in [0.3, 0.4) is 0 Å². The van der Waals surface area contributed by atoms with Crippen molar-refractivity contribution in [1.29, 1.82) is 0 Å². The molecule has 2 N–H and O–H groups in total. The molecule has 2 aromatic carbocycles. The van der Waals surface area contributed by atoms with Crippen molar-refractivity contribution in [3.8, 4) is 11.3 Å². The summed E-state index contributed by atoms with van der Waals surface area (Å²) in [6, 6.07) is 13.7. The summed E-state index contributed by atoms with van der Waals surface area (Å²) in [6.45, 7) is 0. The van der Waals surface area contributed by atoms with Crippen LogP contribution in [-0.4, -0.2) is 22.6 Å². The van der Waals surface area contributed by atoms with Crippen LogP contribution in [0, 0.1) is 0 Å². The number of halogens is 2. The maximum absolute atomic E-state index is 12.1. The number of rotatable bonds is 5. The second-order valence-electron chi connectivity index (χ2n) is 5.24. The third-order valence-corrected chi connectivity index (χ3v) is 4.97. The van der Waals surface area contributed by atoms with E-state index in [-0.39, 0.29) is 16.3 Å². The SMILES string of the molecule is NC(=O)/C(=N\OC(=O)c1cccc(Cl)c1)c1nc(-c2ccc(Br)cc2)cs1. The van der Waals surface area contributed by atoms with Crippen molar-refractivity contribution in [2.75, 3.05) is 0 Å². The lowest BCUT2D eigenvalue weighted by atomic mass is 10.2. The fourth-order valence-corrected chi connectivity index (χ4v) is 3.35. The van der Waals surface area contributed by atoms with Crippen LogP contribution in [-0.2, 0) is 9.63 Å². The van der Waals surface area contributed by atoms with Crippen molar-refractivity contribution in [3.05, 3.63) is 74.0 Å². The van der Waals surface area contributed by atoms with Gasteiger partial charge in [0.25, 0.3) is 5.91 Å². The minimum absolute atomic E-state index is 0.199. The molecule has 1 aromatic heterocycles. The van der Waals surface area contributed by atoms with E-state index in [1.165, 1.54) is 23.5 Å². The Kier molecular flexibility index (Phi) is 6.00. The molecule has 6 nitrogen and oxygen atoms in total. The van der Waals surface area contributed by atoms with Crippen molar-refractivity contribution in [1.82, 2.24) is 4.98 Å². The third-order valence-electron chi connectivity index (χ3n) is 3.36. The van der Waals surface area contributed by atoms with Gasteiger partial charge in [0.05, 0.1) is 11.3 Å². The number of thiazole rings is 1.